The number of hydrogen-bond acceptors (Lipinski definition) is 7. The maximum atomic E-state index is 8.88. The van der Waals surface area contributed by atoms with Gasteiger partial charge in [0, 0.05) is 0 Å². The lowest BCUT2D eigenvalue weighted by Crippen LogP contribution is -2.02. The molecule has 0 spiro atoms. The molecule has 0 fully saturated rings. The molecule has 0 rings (SSSR count). The average molecular weight is 194 g/mol. The van der Waals surface area contributed by atoms with E-state index in [1.165, 1.54) is 0 Å². The van der Waals surface area contributed by atoms with E-state index in [0.29, 0.717) is 0 Å². The molecule has 0 heterocycles. The van der Waals surface area contributed by atoms with Crippen LogP contribution in [0.25, 0.3) is 0 Å². The first-order valence-corrected chi connectivity index (χ1v) is 3.35. The third kappa shape index (κ3) is 36200. The number of phosphoric acid groups is 1. The van der Waals surface area contributed by atoms with Crippen molar-refractivity contribution in [2.75, 3.05) is 0 Å². The summed E-state index contributed by atoms with van der Waals surface area (Å²) in [4.78, 5) is 21.6. The second-order valence-corrected chi connectivity index (χ2v) is 1.54. The zero-order valence-electron chi connectivity index (χ0n) is 5.66. The molecule has 15 N–H and O–H groups in total. The minimum absolute atomic E-state index is 4.00. The molecule has 0 atom stereocenters. The van der Waals surface area contributed by atoms with Gasteiger partial charge in [0.15, 0.2) is 0 Å². The maximum absolute atomic E-state index is 8.88. The summed E-state index contributed by atoms with van der Waals surface area (Å²) in [6.45, 7) is 0. The molecule has 0 radical (unpaired) electrons. The molecule has 0 amide bonds. The lowest BCUT2D eigenvalue weighted by atomic mass is 13.0. The van der Waals surface area contributed by atoms with E-state index >= 15 is 0 Å². The Labute approximate surface area is 63.3 Å². The number of nitrogens with two attached hydrogens (primary N) is 6. The first-order valence-electron chi connectivity index (χ1n) is 1.78. The smallest absolute Gasteiger partial charge is 0.303 e. The third-order valence-corrected chi connectivity index (χ3v) is 0. The second kappa shape index (κ2) is 22.5. The summed E-state index contributed by atoms with van der Waals surface area (Å²) in [7, 11) is -4.64. The van der Waals surface area contributed by atoms with Crippen molar-refractivity contribution in [3.05, 3.63) is 0 Å². The summed E-state index contributed by atoms with van der Waals surface area (Å²) in [5.74, 6) is 24.0. The Balaban J connectivity index is -0.0000000350. The molecule has 0 aromatic rings. The van der Waals surface area contributed by atoms with Crippen molar-refractivity contribution >= 4 is 7.82 Å². The summed E-state index contributed by atoms with van der Waals surface area (Å²) in [5, 5.41) is 0. The monoisotopic (exact) mass is 194 g/mol. The van der Waals surface area contributed by atoms with Gasteiger partial charge in [0.1, 0.15) is 0 Å². The lowest BCUT2D eigenvalue weighted by molar-refractivity contribution is 0.275. The summed E-state index contributed by atoms with van der Waals surface area (Å²) in [6, 6.07) is 0. The quantitative estimate of drug-likeness (QED) is 0.102. The van der Waals surface area contributed by atoms with Gasteiger partial charge in [-0.3, -0.25) is 35.1 Å². The summed E-state index contributed by atoms with van der Waals surface area (Å²) in [5.41, 5.74) is 0. The van der Waals surface area contributed by atoms with Gasteiger partial charge in [0.05, 0.1) is 0 Å². The van der Waals surface area contributed by atoms with E-state index in [4.69, 9.17) is 19.2 Å². The van der Waals surface area contributed by atoms with Crippen LogP contribution in [0, 0.1) is 0 Å². The summed E-state index contributed by atoms with van der Waals surface area (Å²) < 4.78 is 8.88. The fourth-order valence-electron chi connectivity index (χ4n) is 0. The largest absolute Gasteiger partial charge is 0.466 e. The first-order chi connectivity index (χ1) is 5.00. The van der Waals surface area contributed by atoms with E-state index in [2.05, 4.69) is 35.1 Å². The van der Waals surface area contributed by atoms with Crippen molar-refractivity contribution in [2.45, 2.75) is 0 Å². The van der Waals surface area contributed by atoms with Gasteiger partial charge < -0.3 is 14.7 Å². The molecular formula is H15N6O4P. The van der Waals surface area contributed by atoms with Crippen molar-refractivity contribution < 1.29 is 19.2 Å². The number of hydrogen-bond donors (Lipinski definition) is 9. The highest BCUT2D eigenvalue weighted by Gasteiger charge is 2.00. The lowest BCUT2D eigenvalue weighted by Gasteiger charge is -1.82. The Kier molecular flexibility index (Phi) is 46.0. The van der Waals surface area contributed by atoms with Crippen LogP contribution < -0.4 is 35.1 Å². The van der Waals surface area contributed by atoms with Crippen LogP contribution in [-0.4, -0.2) is 14.7 Å². The highest BCUT2D eigenvalue weighted by Crippen LogP contribution is 2.25. The van der Waals surface area contributed by atoms with Crippen LogP contribution in [0.1, 0.15) is 0 Å². The first kappa shape index (κ1) is 22.4. The van der Waals surface area contributed by atoms with Gasteiger partial charge in [-0.25, -0.2) is 4.57 Å². The number of hydrazine groups is 3. The topological polar surface area (TPSA) is 234 Å². The molecule has 74 valence electrons. The predicted molar refractivity (Wildman–Crippen MR) is 39.4 cm³/mol. The number of rotatable bonds is 0. The van der Waals surface area contributed by atoms with Crippen molar-refractivity contribution in [1.29, 1.82) is 0 Å². The van der Waals surface area contributed by atoms with E-state index in [9.17, 15) is 0 Å². The van der Waals surface area contributed by atoms with E-state index in [1.807, 2.05) is 0 Å². The fraction of sp³-hybridized carbons (Fsp3) is 0. The molecule has 0 aromatic carbocycles. The van der Waals surface area contributed by atoms with Crippen molar-refractivity contribution in [1.82, 2.24) is 0 Å². The predicted octanol–water partition coefficient (Wildman–Crippen LogP) is -4.47. The minimum Gasteiger partial charge on any atom is -0.303 e. The molecule has 0 bridgehead atoms. The molecule has 0 aliphatic carbocycles. The fourth-order valence-corrected chi connectivity index (χ4v) is 0. The van der Waals surface area contributed by atoms with Crippen LogP contribution in [0.4, 0.5) is 0 Å². The zero-order chi connectivity index (χ0) is 10.5. The third-order valence-electron chi connectivity index (χ3n) is 0. The van der Waals surface area contributed by atoms with E-state index in [-0.39, 0.29) is 0 Å². The molecule has 11 heavy (non-hydrogen) atoms. The van der Waals surface area contributed by atoms with Crippen LogP contribution in [0.5, 0.6) is 0 Å². The maximum Gasteiger partial charge on any atom is 0.466 e. The van der Waals surface area contributed by atoms with Crippen LogP contribution in [0.15, 0.2) is 0 Å². The van der Waals surface area contributed by atoms with Crippen molar-refractivity contribution in [3.8, 4) is 0 Å². The van der Waals surface area contributed by atoms with E-state index in [1.54, 1.807) is 0 Å². The standard InChI is InChI=1S/3H4N2.H3O4P/c3*1-2;1-5(2,3)4/h3*1-2H2;(H3,1,2,3,4). The Morgan fingerprint density at radius 3 is 0.727 bits per heavy atom. The summed E-state index contributed by atoms with van der Waals surface area (Å²) in [6.07, 6.45) is 0. The highest BCUT2D eigenvalue weighted by atomic mass is 31.2. The van der Waals surface area contributed by atoms with Gasteiger partial charge in [-0.15, -0.1) is 0 Å². The summed E-state index contributed by atoms with van der Waals surface area (Å²) >= 11 is 0. The van der Waals surface area contributed by atoms with Gasteiger partial charge in [-0.05, 0) is 0 Å². The molecule has 10 nitrogen and oxygen atoms in total. The van der Waals surface area contributed by atoms with Gasteiger partial charge in [-0.1, -0.05) is 0 Å². The molecule has 0 saturated heterocycles. The van der Waals surface area contributed by atoms with E-state index in [0.717, 1.165) is 0 Å². The molecule has 11 heteroatoms. The molecule has 0 unspecified atom stereocenters. The molecule has 0 saturated carbocycles. The van der Waals surface area contributed by atoms with Crippen LogP contribution in [-0.2, 0) is 4.57 Å². The molecule has 0 aliphatic rings. The highest BCUT2D eigenvalue weighted by molar-refractivity contribution is 7.45. The van der Waals surface area contributed by atoms with Gasteiger partial charge >= 0.3 is 7.82 Å². The Hall–Kier alpha value is -0.130. The average Bonchev–Trinajstić information content (AvgIpc) is 1.96. The molecule has 0 aromatic heterocycles. The van der Waals surface area contributed by atoms with Crippen LogP contribution in [0.2, 0.25) is 0 Å². The zero-order valence-corrected chi connectivity index (χ0v) is 6.56. The van der Waals surface area contributed by atoms with Gasteiger partial charge in [-0.2, -0.15) is 0 Å². The van der Waals surface area contributed by atoms with Crippen molar-refractivity contribution in [3.63, 3.8) is 0 Å². The van der Waals surface area contributed by atoms with E-state index < -0.39 is 7.82 Å². The van der Waals surface area contributed by atoms with Gasteiger partial charge in [0.2, 0.25) is 0 Å². The Morgan fingerprint density at radius 1 is 0.727 bits per heavy atom. The SMILES string of the molecule is NN.NN.NN.O=P(O)(O)O. The van der Waals surface area contributed by atoms with Gasteiger partial charge in [0.25, 0.3) is 0 Å². The van der Waals surface area contributed by atoms with Crippen LogP contribution >= 0.6 is 7.82 Å². The van der Waals surface area contributed by atoms with Crippen molar-refractivity contribution in [2.24, 2.45) is 35.1 Å². The molecule has 0 aliphatic heterocycles. The Bertz CT molecular complexity index is 60.7. The van der Waals surface area contributed by atoms with Crippen LogP contribution in [0.3, 0.4) is 0 Å². The Morgan fingerprint density at radius 2 is 0.727 bits per heavy atom. The minimum atomic E-state index is -4.64. The second-order valence-electron chi connectivity index (χ2n) is 0.513. The normalized spacial score (nSPS) is 7.00. The molecular weight excluding hydrogens is 179 g/mol.